The van der Waals surface area contributed by atoms with Crippen LogP contribution in [0.3, 0.4) is 0 Å². The maximum atomic E-state index is 11.4. The Labute approximate surface area is 97.2 Å². The van der Waals surface area contributed by atoms with Gasteiger partial charge in [-0.15, -0.1) is 0 Å². The van der Waals surface area contributed by atoms with Gasteiger partial charge >= 0.3 is 0 Å². The van der Waals surface area contributed by atoms with Gasteiger partial charge in [-0.2, -0.15) is 0 Å². The van der Waals surface area contributed by atoms with Crippen molar-refractivity contribution in [2.24, 2.45) is 5.73 Å². The molecule has 1 atom stereocenters. The molecule has 0 bridgehead atoms. The highest BCUT2D eigenvalue weighted by Crippen LogP contribution is 1.94. The molecule has 0 saturated carbocycles. The number of carbonyl (C=O) groups is 2. The lowest BCUT2D eigenvalue weighted by molar-refractivity contribution is -0.121. The molecule has 0 rings (SSSR count). The van der Waals surface area contributed by atoms with E-state index in [0.717, 1.165) is 19.4 Å². The third kappa shape index (κ3) is 9.45. The van der Waals surface area contributed by atoms with E-state index in [2.05, 4.69) is 10.6 Å². The predicted molar refractivity (Wildman–Crippen MR) is 63.8 cm³/mol. The van der Waals surface area contributed by atoms with Gasteiger partial charge in [0.25, 0.3) is 0 Å². The van der Waals surface area contributed by atoms with Gasteiger partial charge < -0.3 is 16.4 Å². The zero-order valence-electron chi connectivity index (χ0n) is 10.2. The second-order valence-electron chi connectivity index (χ2n) is 3.94. The van der Waals surface area contributed by atoms with E-state index in [1.165, 1.54) is 0 Å². The van der Waals surface area contributed by atoms with Gasteiger partial charge in [0.2, 0.25) is 11.8 Å². The summed E-state index contributed by atoms with van der Waals surface area (Å²) in [4.78, 5) is 21.8. The van der Waals surface area contributed by atoms with Crippen molar-refractivity contribution in [1.82, 2.24) is 10.6 Å². The number of hydrogen-bond donors (Lipinski definition) is 3. The normalized spacial score (nSPS) is 12.1. The Balaban J connectivity index is 3.40. The zero-order chi connectivity index (χ0) is 12.4. The lowest BCUT2D eigenvalue weighted by Gasteiger charge is -2.11. The van der Waals surface area contributed by atoms with E-state index < -0.39 is 0 Å². The van der Waals surface area contributed by atoms with Crippen molar-refractivity contribution in [3.8, 4) is 0 Å². The van der Waals surface area contributed by atoms with Crippen LogP contribution in [-0.4, -0.2) is 30.9 Å². The molecule has 16 heavy (non-hydrogen) atoms. The number of primary amides is 1. The monoisotopic (exact) mass is 229 g/mol. The number of nitrogens with one attached hydrogen (secondary N) is 2. The van der Waals surface area contributed by atoms with Crippen LogP contribution in [0.1, 0.15) is 39.5 Å². The van der Waals surface area contributed by atoms with Crippen molar-refractivity contribution in [3.05, 3.63) is 0 Å². The molecule has 0 aliphatic carbocycles. The van der Waals surface area contributed by atoms with Crippen molar-refractivity contribution in [2.75, 3.05) is 13.1 Å². The first-order valence-electron chi connectivity index (χ1n) is 5.84. The average molecular weight is 229 g/mol. The number of hydrogen-bond acceptors (Lipinski definition) is 3. The molecular formula is C11H23N3O2. The van der Waals surface area contributed by atoms with Crippen molar-refractivity contribution in [2.45, 2.75) is 45.6 Å². The van der Waals surface area contributed by atoms with Crippen molar-refractivity contribution in [1.29, 1.82) is 0 Å². The van der Waals surface area contributed by atoms with Crippen LogP contribution in [0.15, 0.2) is 0 Å². The number of amides is 2. The molecule has 0 aromatic carbocycles. The smallest absolute Gasteiger partial charge is 0.221 e. The number of unbranched alkanes of at least 4 members (excludes halogenated alkanes) is 1. The molecule has 0 saturated heterocycles. The lowest BCUT2D eigenvalue weighted by atomic mass is 10.2. The van der Waals surface area contributed by atoms with Crippen LogP contribution in [-0.2, 0) is 9.59 Å². The molecule has 0 aliphatic rings. The summed E-state index contributed by atoms with van der Waals surface area (Å²) in [5.41, 5.74) is 5.00. The van der Waals surface area contributed by atoms with Crippen molar-refractivity contribution < 1.29 is 9.59 Å². The maximum Gasteiger partial charge on any atom is 0.221 e. The maximum absolute atomic E-state index is 11.4. The van der Waals surface area contributed by atoms with Gasteiger partial charge in [0.1, 0.15) is 0 Å². The van der Waals surface area contributed by atoms with Crippen LogP contribution < -0.4 is 16.4 Å². The van der Waals surface area contributed by atoms with Gasteiger partial charge in [-0.05, 0) is 26.3 Å². The molecule has 0 aliphatic heterocycles. The molecular weight excluding hydrogens is 206 g/mol. The molecule has 1 unspecified atom stereocenters. The quantitative estimate of drug-likeness (QED) is 0.492. The molecule has 0 radical (unpaired) electrons. The Bertz CT molecular complexity index is 219. The van der Waals surface area contributed by atoms with Gasteiger partial charge in [0, 0.05) is 25.4 Å². The Morgan fingerprint density at radius 3 is 2.56 bits per heavy atom. The molecule has 0 aromatic heterocycles. The molecule has 0 spiro atoms. The second-order valence-corrected chi connectivity index (χ2v) is 3.94. The van der Waals surface area contributed by atoms with Gasteiger partial charge in [-0.25, -0.2) is 0 Å². The summed E-state index contributed by atoms with van der Waals surface area (Å²) in [6, 6.07) is 0.204. The molecule has 5 nitrogen and oxygen atoms in total. The first-order chi connectivity index (χ1) is 7.56. The van der Waals surface area contributed by atoms with Crippen LogP contribution in [0.2, 0.25) is 0 Å². The third-order valence-electron chi connectivity index (χ3n) is 2.22. The topological polar surface area (TPSA) is 84.2 Å². The lowest BCUT2D eigenvalue weighted by Crippen LogP contribution is -2.34. The van der Waals surface area contributed by atoms with Crippen LogP contribution in [0, 0.1) is 0 Å². The van der Waals surface area contributed by atoms with Gasteiger partial charge in [-0.3, -0.25) is 9.59 Å². The first kappa shape index (κ1) is 14.9. The molecule has 0 aromatic rings. The summed E-state index contributed by atoms with van der Waals surface area (Å²) in [5.74, 6) is -0.236. The summed E-state index contributed by atoms with van der Waals surface area (Å²) >= 11 is 0. The summed E-state index contributed by atoms with van der Waals surface area (Å²) in [6.45, 7) is 5.48. The fourth-order valence-corrected chi connectivity index (χ4v) is 1.42. The van der Waals surface area contributed by atoms with Crippen molar-refractivity contribution in [3.63, 3.8) is 0 Å². The van der Waals surface area contributed by atoms with E-state index >= 15 is 0 Å². The minimum Gasteiger partial charge on any atom is -0.370 e. The highest BCUT2D eigenvalue weighted by molar-refractivity contribution is 5.76. The molecule has 0 heterocycles. The SMILES string of the molecule is CCNC(C)CC(=O)NCCCCC(N)=O. The Kier molecular flexibility index (Phi) is 8.52. The second kappa shape index (κ2) is 9.15. The van der Waals surface area contributed by atoms with Crippen LogP contribution in [0.4, 0.5) is 0 Å². The molecule has 94 valence electrons. The Hall–Kier alpha value is -1.10. The third-order valence-corrected chi connectivity index (χ3v) is 2.22. The minimum atomic E-state index is -0.285. The Morgan fingerprint density at radius 2 is 2.00 bits per heavy atom. The molecule has 4 N–H and O–H groups in total. The summed E-state index contributed by atoms with van der Waals surface area (Å²) in [5, 5.41) is 5.99. The number of rotatable bonds is 9. The van der Waals surface area contributed by atoms with Crippen molar-refractivity contribution >= 4 is 11.8 Å². The average Bonchev–Trinajstić information content (AvgIpc) is 2.16. The summed E-state index contributed by atoms with van der Waals surface area (Å²) < 4.78 is 0. The fourth-order valence-electron chi connectivity index (χ4n) is 1.42. The van der Waals surface area contributed by atoms with Gasteiger partial charge in [-0.1, -0.05) is 6.92 Å². The molecule has 5 heteroatoms. The standard InChI is InChI=1S/C11H23N3O2/c1-3-13-9(2)8-11(16)14-7-5-4-6-10(12)15/h9,13H,3-8H2,1-2H3,(H2,12,15)(H,14,16). The van der Waals surface area contributed by atoms with Crippen LogP contribution in [0.5, 0.6) is 0 Å². The van der Waals surface area contributed by atoms with Crippen LogP contribution in [0.25, 0.3) is 0 Å². The highest BCUT2D eigenvalue weighted by atomic mass is 16.1. The summed E-state index contributed by atoms with van der Waals surface area (Å²) in [6.07, 6.45) is 2.41. The van der Waals surface area contributed by atoms with Gasteiger partial charge in [0.15, 0.2) is 0 Å². The van der Waals surface area contributed by atoms with E-state index in [-0.39, 0.29) is 17.9 Å². The predicted octanol–water partition coefficient (Wildman–Crippen LogP) is 0.146. The highest BCUT2D eigenvalue weighted by Gasteiger charge is 2.06. The Morgan fingerprint density at radius 1 is 1.31 bits per heavy atom. The molecule has 0 fully saturated rings. The zero-order valence-corrected chi connectivity index (χ0v) is 10.2. The number of nitrogens with two attached hydrogens (primary N) is 1. The largest absolute Gasteiger partial charge is 0.370 e. The van der Waals surface area contributed by atoms with E-state index in [1.54, 1.807) is 0 Å². The van der Waals surface area contributed by atoms with Gasteiger partial charge in [0.05, 0.1) is 0 Å². The van der Waals surface area contributed by atoms with E-state index in [4.69, 9.17) is 5.73 Å². The summed E-state index contributed by atoms with van der Waals surface area (Å²) in [7, 11) is 0. The minimum absolute atomic E-state index is 0.0486. The fraction of sp³-hybridized carbons (Fsp3) is 0.818. The first-order valence-corrected chi connectivity index (χ1v) is 5.84. The van der Waals surface area contributed by atoms with E-state index in [1.807, 2.05) is 13.8 Å². The molecule has 2 amide bonds. The van der Waals surface area contributed by atoms with E-state index in [9.17, 15) is 9.59 Å². The number of carbonyl (C=O) groups excluding carboxylic acids is 2. The van der Waals surface area contributed by atoms with Crippen LogP contribution >= 0.6 is 0 Å². The van der Waals surface area contributed by atoms with E-state index in [0.29, 0.717) is 19.4 Å².